The molecule has 26 heavy (non-hydrogen) atoms. The number of anilines is 1. The van der Waals surface area contributed by atoms with Crippen LogP contribution in [0.3, 0.4) is 0 Å². The molecule has 0 aliphatic carbocycles. The molecule has 0 bridgehead atoms. The molecular formula is C20H18N4OS. The number of benzene rings is 2. The van der Waals surface area contributed by atoms with Crippen LogP contribution >= 0.6 is 11.3 Å². The first-order valence-corrected chi connectivity index (χ1v) is 9.04. The van der Waals surface area contributed by atoms with Crippen LogP contribution in [0.2, 0.25) is 0 Å². The van der Waals surface area contributed by atoms with E-state index in [-0.39, 0.29) is 5.71 Å². The number of methoxy groups -OCH3 is 1. The Morgan fingerprint density at radius 1 is 1.19 bits per heavy atom. The summed E-state index contributed by atoms with van der Waals surface area (Å²) in [5, 5.41) is 16.1. The summed E-state index contributed by atoms with van der Waals surface area (Å²) < 4.78 is 5.17. The Bertz CT molecular complexity index is 937. The summed E-state index contributed by atoms with van der Waals surface area (Å²) in [6.07, 6.45) is 0.986. The first-order chi connectivity index (χ1) is 12.7. The number of hydrogen-bond acceptors (Lipinski definition) is 6. The molecule has 0 fully saturated rings. The molecule has 2 aromatic carbocycles. The maximum atomic E-state index is 9.42. The second-order valence-corrected chi connectivity index (χ2v) is 6.36. The summed E-state index contributed by atoms with van der Waals surface area (Å²) in [5.74, 6) is 0.793. The monoisotopic (exact) mass is 362 g/mol. The Kier molecular flexibility index (Phi) is 5.62. The van der Waals surface area contributed by atoms with Gasteiger partial charge in [0.15, 0.2) is 10.7 Å². The zero-order chi connectivity index (χ0) is 18.4. The van der Waals surface area contributed by atoms with Crippen LogP contribution in [0.5, 0.6) is 5.75 Å². The van der Waals surface area contributed by atoms with E-state index in [1.165, 1.54) is 16.9 Å². The summed E-state index contributed by atoms with van der Waals surface area (Å²) >= 11 is 1.39. The second kappa shape index (κ2) is 8.28. The number of aromatic nitrogens is 1. The summed E-state index contributed by atoms with van der Waals surface area (Å²) in [7, 11) is 1.63. The van der Waals surface area contributed by atoms with E-state index in [2.05, 4.69) is 28.5 Å². The van der Waals surface area contributed by atoms with Crippen LogP contribution in [-0.2, 0) is 6.42 Å². The summed E-state index contributed by atoms with van der Waals surface area (Å²) in [4.78, 5) is 4.53. The van der Waals surface area contributed by atoms with E-state index in [0.717, 1.165) is 29.1 Å². The van der Waals surface area contributed by atoms with Gasteiger partial charge in [-0.15, -0.1) is 11.3 Å². The van der Waals surface area contributed by atoms with E-state index in [4.69, 9.17) is 4.74 Å². The van der Waals surface area contributed by atoms with Crippen LogP contribution in [0, 0.1) is 11.3 Å². The van der Waals surface area contributed by atoms with E-state index < -0.39 is 0 Å². The van der Waals surface area contributed by atoms with Gasteiger partial charge in [0.25, 0.3) is 0 Å². The van der Waals surface area contributed by atoms with Crippen LogP contribution in [0.1, 0.15) is 17.5 Å². The minimum absolute atomic E-state index is 0.259. The lowest BCUT2D eigenvalue weighted by Crippen LogP contribution is -2.01. The topological polar surface area (TPSA) is 70.3 Å². The summed E-state index contributed by atoms with van der Waals surface area (Å²) in [6.45, 7) is 2.11. The molecule has 0 spiro atoms. The minimum Gasteiger partial charge on any atom is -0.497 e. The fraction of sp³-hybridized carbons (Fsp3) is 0.150. The summed E-state index contributed by atoms with van der Waals surface area (Å²) in [6, 6.07) is 17.7. The first kappa shape index (κ1) is 17.6. The molecule has 1 N–H and O–H groups in total. The summed E-state index contributed by atoms with van der Waals surface area (Å²) in [5.41, 5.74) is 7.05. The van der Waals surface area contributed by atoms with Crippen LogP contribution in [-0.4, -0.2) is 17.8 Å². The van der Waals surface area contributed by atoms with Crippen molar-refractivity contribution in [1.82, 2.24) is 4.98 Å². The number of nitrogens with one attached hydrogen (secondary N) is 1. The molecule has 0 atom stereocenters. The lowest BCUT2D eigenvalue weighted by Gasteiger charge is -2.02. The zero-order valence-electron chi connectivity index (χ0n) is 14.6. The van der Waals surface area contributed by atoms with Gasteiger partial charge in [0.1, 0.15) is 11.8 Å². The van der Waals surface area contributed by atoms with Crippen LogP contribution in [0.15, 0.2) is 59.0 Å². The molecule has 6 heteroatoms. The van der Waals surface area contributed by atoms with Crippen molar-refractivity contribution in [3.05, 3.63) is 64.5 Å². The molecular weight excluding hydrogens is 344 g/mol. The fourth-order valence-electron chi connectivity index (χ4n) is 2.33. The highest BCUT2D eigenvalue weighted by molar-refractivity contribution is 7.12. The van der Waals surface area contributed by atoms with Gasteiger partial charge in [-0.3, -0.25) is 5.43 Å². The van der Waals surface area contributed by atoms with Crippen molar-refractivity contribution < 1.29 is 4.74 Å². The number of nitriles is 1. The molecule has 0 aliphatic heterocycles. The van der Waals surface area contributed by atoms with Crippen LogP contribution in [0.4, 0.5) is 5.69 Å². The number of aryl methyl sites for hydroxylation is 1. The maximum Gasteiger partial charge on any atom is 0.196 e. The number of ether oxygens (including phenoxy) is 1. The SMILES string of the molecule is CCc1ccc(NN=C(C#N)c2nc(-c3ccc(OC)cc3)cs2)cc1. The first-order valence-electron chi connectivity index (χ1n) is 8.16. The van der Waals surface area contributed by atoms with Crippen molar-refractivity contribution in [3.63, 3.8) is 0 Å². The Hall–Kier alpha value is -3.17. The van der Waals surface area contributed by atoms with Crippen molar-refractivity contribution in [2.75, 3.05) is 12.5 Å². The number of nitrogens with zero attached hydrogens (tertiary/aromatic N) is 3. The van der Waals surface area contributed by atoms with Crippen LogP contribution < -0.4 is 10.2 Å². The molecule has 3 aromatic rings. The van der Waals surface area contributed by atoms with Crippen molar-refractivity contribution in [2.24, 2.45) is 5.10 Å². The molecule has 3 rings (SSSR count). The highest BCUT2D eigenvalue weighted by atomic mass is 32.1. The largest absolute Gasteiger partial charge is 0.497 e. The molecule has 0 saturated heterocycles. The molecule has 0 amide bonds. The van der Waals surface area contributed by atoms with Gasteiger partial charge < -0.3 is 4.74 Å². The van der Waals surface area contributed by atoms with E-state index in [0.29, 0.717) is 5.01 Å². The van der Waals surface area contributed by atoms with Gasteiger partial charge in [0, 0.05) is 10.9 Å². The van der Waals surface area contributed by atoms with Crippen LogP contribution in [0.25, 0.3) is 11.3 Å². The molecule has 0 radical (unpaired) electrons. The van der Waals surface area contributed by atoms with Crippen molar-refractivity contribution >= 4 is 22.7 Å². The smallest absolute Gasteiger partial charge is 0.196 e. The van der Waals surface area contributed by atoms with Crippen molar-refractivity contribution in [2.45, 2.75) is 13.3 Å². The number of hydrogen-bond donors (Lipinski definition) is 1. The molecule has 1 aromatic heterocycles. The van der Waals surface area contributed by atoms with Gasteiger partial charge in [-0.25, -0.2) is 4.98 Å². The predicted octanol–water partition coefficient (Wildman–Crippen LogP) is 4.72. The third-order valence-corrected chi connectivity index (χ3v) is 4.71. The van der Waals surface area contributed by atoms with Gasteiger partial charge in [0.2, 0.25) is 0 Å². The van der Waals surface area contributed by atoms with Gasteiger partial charge in [-0.05, 0) is 48.4 Å². The molecule has 130 valence electrons. The van der Waals surface area contributed by atoms with Crippen molar-refractivity contribution in [1.29, 1.82) is 5.26 Å². The van der Waals surface area contributed by atoms with E-state index in [1.807, 2.05) is 53.9 Å². The van der Waals surface area contributed by atoms with Gasteiger partial charge >= 0.3 is 0 Å². The second-order valence-electron chi connectivity index (χ2n) is 5.50. The standard InChI is InChI=1S/C20H18N4OS/c1-3-14-4-8-16(9-5-14)23-24-18(12-21)20-22-19(13-26-20)15-6-10-17(25-2)11-7-15/h4-11,13,23H,3H2,1-2H3. The minimum atomic E-state index is 0.259. The highest BCUT2D eigenvalue weighted by Crippen LogP contribution is 2.24. The quantitative estimate of drug-likeness (QED) is 0.509. The van der Waals surface area contributed by atoms with Crippen molar-refractivity contribution in [3.8, 4) is 23.1 Å². The molecule has 0 unspecified atom stereocenters. The molecule has 5 nitrogen and oxygen atoms in total. The highest BCUT2D eigenvalue weighted by Gasteiger charge is 2.10. The van der Waals surface area contributed by atoms with Gasteiger partial charge in [-0.1, -0.05) is 19.1 Å². The Morgan fingerprint density at radius 3 is 2.54 bits per heavy atom. The molecule has 1 heterocycles. The van der Waals surface area contributed by atoms with Gasteiger partial charge in [-0.2, -0.15) is 10.4 Å². The van der Waals surface area contributed by atoms with E-state index in [9.17, 15) is 5.26 Å². The number of rotatable bonds is 6. The third-order valence-electron chi connectivity index (χ3n) is 3.86. The zero-order valence-corrected chi connectivity index (χ0v) is 15.4. The third kappa shape index (κ3) is 4.08. The Labute approximate surface area is 156 Å². The molecule has 0 saturated carbocycles. The lowest BCUT2D eigenvalue weighted by atomic mass is 10.2. The predicted molar refractivity (Wildman–Crippen MR) is 106 cm³/mol. The lowest BCUT2D eigenvalue weighted by molar-refractivity contribution is 0.415. The average molecular weight is 362 g/mol. The maximum absolute atomic E-state index is 9.42. The average Bonchev–Trinajstić information content (AvgIpc) is 3.19. The van der Waals surface area contributed by atoms with Gasteiger partial charge in [0.05, 0.1) is 18.5 Å². The Balaban J connectivity index is 1.77. The number of hydrazone groups is 1. The normalized spacial score (nSPS) is 11.0. The Morgan fingerprint density at radius 2 is 1.92 bits per heavy atom. The fourth-order valence-corrected chi connectivity index (χ4v) is 3.10. The number of thiazole rings is 1. The molecule has 0 aliphatic rings. The van der Waals surface area contributed by atoms with E-state index >= 15 is 0 Å². The van der Waals surface area contributed by atoms with E-state index in [1.54, 1.807) is 7.11 Å².